The van der Waals surface area contributed by atoms with Gasteiger partial charge in [0, 0.05) is 12.1 Å². The van der Waals surface area contributed by atoms with Gasteiger partial charge in [-0.05, 0) is 37.0 Å². The van der Waals surface area contributed by atoms with Crippen LogP contribution < -0.4 is 14.8 Å². The molecule has 24 heavy (non-hydrogen) atoms. The SMILES string of the molecule is O=C(NCC1CCCCC1)c1nc(-c2ccc3c(c2)OCO3)no1. The van der Waals surface area contributed by atoms with E-state index in [-0.39, 0.29) is 18.6 Å². The predicted octanol–water partition coefficient (Wildman–Crippen LogP) is 2.78. The molecule has 1 fully saturated rings. The van der Waals surface area contributed by atoms with Crippen LogP contribution >= 0.6 is 0 Å². The number of carbonyl (C=O) groups excluding carboxylic acids is 1. The van der Waals surface area contributed by atoms with E-state index >= 15 is 0 Å². The molecule has 4 rings (SSSR count). The van der Waals surface area contributed by atoms with Gasteiger partial charge in [0.1, 0.15) is 0 Å². The molecule has 2 aromatic rings. The first kappa shape index (κ1) is 15.0. The molecule has 0 saturated heterocycles. The minimum atomic E-state index is -0.319. The Balaban J connectivity index is 1.41. The van der Waals surface area contributed by atoms with Crippen molar-refractivity contribution < 1.29 is 18.8 Å². The Bertz CT molecular complexity index is 737. The summed E-state index contributed by atoms with van der Waals surface area (Å²) < 4.78 is 15.7. The summed E-state index contributed by atoms with van der Waals surface area (Å²) >= 11 is 0. The van der Waals surface area contributed by atoms with Gasteiger partial charge in [0.2, 0.25) is 12.6 Å². The zero-order valence-corrected chi connectivity index (χ0v) is 13.3. The first-order valence-corrected chi connectivity index (χ1v) is 8.31. The highest BCUT2D eigenvalue weighted by molar-refractivity contribution is 5.89. The molecule has 0 spiro atoms. The fraction of sp³-hybridized carbons (Fsp3) is 0.471. The van der Waals surface area contributed by atoms with Crippen molar-refractivity contribution in [1.82, 2.24) is 15.5 Å². The van der Waals surface area contributed by atoms with E-state index in [1.165, 1.54) is 32.1 Å². The number of ether oxygens (including phenoxy) is 2. The van der Waals surface area contributed by atoms with Crippen LogP contribution in [0.4, 0.5) is 0 Å². The van der Waals surface area contributed by atoms with Gasteiger partial charge in [-0.1, -0.05) is 24.4 Å². The number of fused-ring (bicyclic) bond motifs is 1. The molecular weight excluding hydrogens is 310 g/mol. The molecule has 2 heterocycles. The molecule has 126 valence electrons. The summed E-state index contributed by atoms with van der Waals surface area (Å²) in [6.07, 6.45) is 6.14. The normalized spacial score (nSPS) is 17.0. The second-order valence-corrected chi connectivity index (χ2v) is 6.21. The maximum atomic E-state index is 12.2. The standard InChI is InChI=1S/C17H19N3O4/c21-16(18-9-11-4-2-1-3-5-11)17-19-15(20-24-17)12-6-7-13-14(8-12)23-10-22-13/h6-8,11H,1-5,9-10H2,(H,18,21). The molecule has 0 atom stereocenters. The van der Waals surface area contributed by atoms with Crippen molar-refractivity contribution in [3.05, 3.63) is 24.1 Å². The highest BCUT2D eigenvalue weighted by atomic mass is 16.7. The number of benzene rings is 1. The number of nitrogens with one attached hydrogen (secondary N) is 1. The van der Waals surface area contributed by atoms with E-state index in [0.29, 0.717) is 35.3 Å². The van der Waals surface area contributed by atoms with Crippen molar-refractivity contribution >= 4 is 5.91 Å². The number of rotatable bonds is 4. The molecule has 0 radical (unpaired) electrons. The molecule has 0 bridgehead atoms. The Morgan fingerprint density at radius 3 is 2.88 bits per heavy atom. The zero-order chi connectivity index (χ0) is 16.4. The molecule has 1 aliphatic heterocycles. The molecule has 0 unspecified atom stereocenters. The summed E-state index contributed by atoms with van der Waals surface area (Å²) in [7, 11) is 0. The third-order valence-corrected chi connectivity index (χ3v) is 4.53. The van der Waals surface area contributed by atoms with Gasteiger partial charge in [-0.2, -0.15) is 4.98 Å². The first-order chi connectivity index (χ1) is 11.8. The van der Waals surface area contributed by atoms with E-state index < -0.39 is 0 Å². The second kappa shape index (κ2) is 6.51. The van der Waals surface area contributed by atoms with Gasteiger partial charge in [0.15, 0.2) is 11.5 Å². The third kappa shape index (κ3) is 3.06. The van der Waals surface area contributed by atoms with E-state index in [4.69, 9.17) is 14.0 Å². The van der Waals surface area contributed by atoms with Crippen molar-refractivity contribution in [1.29, 1.82) is 0 Å². The van der Waals surface area contributed by atoms with Crippen molar-refractivity contribution in [2.24, 2.45) is 5.92 Å². The fourth-order valence-electron chi connectivity index (χ4n) is 3.17. The number of aromatic nitrogens is 2. The Morgan fingerprint density at radius 1 is 1.17 bits per heavy atom. The molecule has 1 aliphatic carbocycles. The Morgan fingerprint density at radius 2 is 2.00 bits per heavy atom. The molecule has 7 nitrogen and oxygen atoms in total. The highest BCUT2D eigenvalue weighted by Crippen LogP contribution is 2.35. The van der Waals surface area contributed by atoms with Crippen LogP contribution in [0.15, 0.2) is 22.7 Å². The molecule has 2 aliphatic rings. The minimum absolute atomic E-state index is 0.0153. The third-order valence-electron chi connectivity index (χ3n) is 4.53. The van der Waals surface area contributed by atoms with Crippen LogP contribution in [0.5, 0.6) is 11.5 Å². The lowest BCUT2D eigenvalue weighted by molar-refractivity contribution is 0.0899. The molecule has 1 aromatic carbocycles. The summed E-state index contributed by atoms with van der Waals surface area (Å²) in [6.45, 7) is 0.875. The smallest absolute Gasteiger partial charge is 0.316 e. The van der Waals surface area contributed by atoms with E-state index in [1.54, 1.807) is 12.1 Å². The minimum Gasteiger partial charge on any atom is -0.454 e. The topological polar surface area (TPSA) is 86.5 Å². The van der Waals surface area contributed by atoms with Crippen LogP contribution in [-0.2, 0) is 0 Å². The second-order valence-electron chi connectivity index (χ2n) is 6.21. The summed E-state index contributed by atoms with van der Waals surface area (Å²) in [4.78, 5) is 16.4. The van der Waals surface area contributed by atoms with E-state index in [9.17, 15) is 4.79 Å². The molecule has 1 amide bonds. The van der Waals surface area contributed by atoms with Crippen molar-refractivity contribution in [3.63, 3.8) is 0 Å². The van der Waals surface area contributed by atoms with Crippen LogP contribution in [0, 0.1) is 5.92 Å². The maximum Gasteiger partial charge on any atom is 0.316 e. The molecular formula is C17H19N3O4. The van der Waals surface area contributed by atoms with Crippen LogP contribution in [-0.4, -0.2) is 29.4 Å². The summed E-state index contributed by atoms with van der Waals surface area (Å²) in [5.74, 6) is 1.90. The number of carbonyl (C=O) groups is 1. The summed E-state index contributed by atoms with van der Waals surface area (Å²) in [5, 5.41) is 6.78. The monoisotopic (exact) mass is 329 g/mol. The number of hydrogen-bond acceptors (Lipinski definition) is 6. The van der Waals surface area contributed by atoms with Gasteiger partial charge in [0.25, 0.3) is 0 Å². The average molecular weight is 329 g/mol. The van der Waals surface area contributed by atoms with Crippen molar-refractivity contribution in [3.8, 4) is 22.9 Å². The molecule has 1 aromatic heterocycles. The number of hydrogen-bond donors (Lipinski definition) is 1. The lowest BCUT2D eigenvalue weighted by atomic mass is 9.89. The van der Waals surface area contributed by atoms with Crippen LogP contribution in [0.1, 0.15) is 42.8 Å². The van der Waals surface area contributed by atoms with Crippen molar-refractivity contribution in [2.45, 2.75) is 32.1 Å². The summed E-state index contributed by atoms with van der Waals surface area (Å²) in [5.41, 5.74) is 0.717. The van der Waals surface area contributed by atoms with Gasteiger partial charge < -0.3 is 19.3 Å². The lowest BCUT2D eigenvalue weighted by Crippen LogP contribution is -2.30. The van der Waals surface area contributed by atoms with Crippen LogP contribution in [0.25, 0.3) is 11.4 Å². The highest BCUT2D eigenvalue weighted by Gasteiger charge is 2.20. The van der Waals surface area contributed by atoms with E-state index in [2.05, 4.69) is 15.5 Å². The van der Waals surface area contributed by atoms with E-state index in [0.717, 1.165) is 0 Å². The van der Waals surface area contributed by atoms with Gasteiger partial charge in [-0.3, -0.25) is 4.79 Å². The zero-order valence-electron chi connectivity index (χ0n) is 13.3. The lowest BCUT2D eigenvalue weighted by Gasteiger charge is -2.21. The van der Waals surface area contributed by atoms with Gasteiger partial charge in [0.05, 0.1) is 0 Å². The van der Waals surface area contributed by atoms with Gasteiger partial charge in [-0.15, -0.1) is 0 Å². The Hall–Kier alpha value is -2.57. The average Bonchev–Trinajstić information content (AvgIpc) is 3.29. The maximum absolute atomic E-state index is 12.2. The Kier molecular flexibility index (Phi) is 4.06. The quantitative estimate of drug-likeness (QED) is 0.928. The first-order valence-electron chi connectivity index (χ1n) is 8.31. The number of nitrogens with zero attached hydrogens (tertiary/aromatic N) is 2. The van der Waals surface area contributed by atoms with Crippen molar-refractivity contribution in [2.75, 3.05) is 13.3 Å². The Labute approximate surface area is 139 Å². The van der Waals surface area contributed by atoms with E-state index in [1.807, 2.05) is 6.07 Å². The number of amides is 1. The predicted molar refractivity (Wildman–Crippen MR) is 84.8 cm³/mol. The van der Waals surface area contributed by atoms with Gasteiger partial charge in [-0.25, -0.2) is 0 Å². The molecule has 7 heteroatoms. The largest absolute Gasteiger partial charge is 0.454 e. The molecule has 1 saturated carbocycles. The van der Waals surface area contributed by atoms with Gasteiger partial charge >= 0.3 is 11.8 Å². The van der Waals surface area contributed by atoms with Crippen LogP contribution in [0.2, 0.25) is 0 Å². The summed E-state index contributed by atoms with van der Waals surface area (Å²) in [6, 6.07) is 5.37. The van der Waals surface area contributed by atoms with Crippen LogP contribution in [0.3, 0.4) is 0 Å². The molecule has 1 N–H and O–H groups in total. The fourth-order valence-corrected chi connectivity index (χ4v) is 3.17.